The van der Waals surface area contributed by atoms with E-state index < -0.39 is 0 Å². The summed E-state index contributed by atoms with van der Waals surface area (Å²) >= 11 is 0. The van der Waals surface area contributed by atoms with Crippen LogP contribution in [0.2, 0.25) is 0 Å². The molecule has 2 aliphatic heterocycles. The van der Waals surface area contributed by atoms with Crippen LogP contribution in [0.4, 0.5) is 5.82 Å². The van der Waals surface area contributed by atoms with Crippen LogP contribution in [-0.2, 0) is 18.3 Å². The summed E-state index contributed by atoms with van der Waals surface area (Å²) in [7, 11) is 1.94. The number of likely N-dealkylation sites (tertiary alicyclic amines) is 1. The molecule has 0 spiro atoms. The highest BCUT2D eigenvalue weighted by Gasteiger charge is 2.28. The monoisotopic (exact) mass is 356 g/mol. The van der Waals surface area contributed by atoms with Crippen LogP contribution < -0.4 is 4.90 Å². The molecule has 4 rings (SSSR count). The van der Waals surface area contributed by atoms with Crippen LogP contribution in [0.15, 0.2) is 6.20 Å². The molecule has 140 valence electrons. The van der Waals surface area contributed by atoms with E-state index in [1.165, 1.54) is 6.42 Å². The van der Waals surface area contributed by atoms with Crippen LogP contribution in [0.25, 0.3) is 11.0 Å². The molecule has 0 aromatic carbocycles. The Morgan fingerprint density at radius 1 is 1.23 bits per heavy atom. The number of piperidine rings is 1. The fourth-order valence-electron chi connectivity index (χ4n) is 4.24. The number of fused-ring (bicyclic) bond motifs is 1. The van der Waals surface area contributed by atoms with Crippen molar-refractivity contribution in [3.8, 4) is 0 Å². The Balaban J connectivity index is 1.58. The second kappa shape index (κ2) is 7.21. The van der Waals surface area contributed by atoms with Crippen molar-refractivity contribution in [1.29, 1.82) is 0 Å². The fourth-order valence-corrected chi connectivity index (χ4v) is 4.24. The summed E-state index contributed by atoms with van der Waals surface area (Å²) in [5.74, 6) is 2.76. The summed E-state index contributed by atoms with van der Waals surface area (Å²) < 4.78 is 1.84. The molecule has 7 heteroatoms. The zero-order valence-corrected chi connectivity index (χ0v) is 15.8. The van der Waals surface area contributed by atoms with Gasteiger partial charge >= 0.3 is 0 Å². The van der Waals surface area contributed by atoms with Gasteiger partial charge in [-0.3, -0.25) is 9.48 Å². The quantitative estimate of drug-likeness (QED) is 0.821. The smallest absolute Gasteiger partial charge is 0.222 e. The van der Waals surface area contributed by atoms with Crippen LogP contribution in [0.1, 0.15) is 44.9 Å². The number of aromatic nitrogens is 4. The third kappa shape index (κ3) is 3.27. The molecule has 0 saturated carbocycles. The van der Waals surface area contributed by atoms with Gasteiger partial charge in [0.1, 0.15) is 11.6 Å². The van der Waals surface area contributed by atoms with Gasteiger partial charge in [0.2, 0.25) is 5.91 Å². The summed E-state index contributed by atoms with van der Waals surface area (Å²) in [6.07, 6.45) is 7.85. The first-order valence-corrected chi connectivity index (χ1v) is 9.87. The van der Waals surface area contributed by atoms with Gasteiger partial charge in [0.15, 0.2) is 5.65 Å². The second-order valence-corrected chi connectivity index (χ2v) is 7.62. The van der Waals surface area contributed by atoms with Crippen LogP contribution >= 0.6 is 0 Å². The topological polar surface area (TPSA) is 67.2 Å². The highest BCUT2D eigenvalue weighted by atomic mass is 16.2. The van der Waals surface area contributed by atoms with E-state index in [1.54, 1.807) is 0 Å². The maximum absolute atomic E-state index is 12.0. The van der Waals surface area contributed by atoms with E-state index in [0.29, 0.717) is 11.8 Å². The highest BCUT2D eigenvalue weighted by Crippen LogP contribution is 2.29. The lowest BCUT2D eigenvalue weighted by atomic mass is 9.97. The summed E-state index contributed by atoms with van der Waals surface area (Å²) in [6.45, 7) is 5.93. The first kappa shape index (κ1) is 17.2. The fraction of sp³-hybridized carbons (Fsp3) is 0.684. The van der Waals surface area contributed by atoms with E-state index in [-0.39, 0.29) is 0 Å². The van der Waals surface area contributed by atoms with E-state index in [1.807, 2.05) is 17.9 Å². The van der Waals surface area contributed by atoms with E-state index in [0.717, 1.165) is 81.0 Å². The standard InChI is InChI=1S/C19H28N6O/c1-3-6-16-21-18-15(11-20-23(18)2)19(22-16)25-10-4-7-14(13-25)12-24-9-5-8-17(24)26/h11,14H,3-10,12-13H2,1-2H3/t14-/m0/s1. The van der Waals surface area contributed by atoms with Crippen LogP contribution in [0, 0.1) is 5.92 Å². The lowest BCUT2D eigenvalue weighted by molar-refractivity contribution is -0.128. The molecule has 7 nitrogen and oxygen atoms in total. The average Bonchev–Trinajstić information content (AvgIpc) is 3.21. The Labute approximate surface area is 154 Å². The maximum Gasteiger partial charge on any atom is 0.222 e. The maximum atomic E-state index is 12.0. The van der Waals surface area contributed by atoms with Gasteiger partial charge in [-0.25, -0.2) is 9.97 Å². The summed E-state index contributed by atoms with van der Waals surface area (Å²) in [5, 5.41) is 5.43. The van der Waals surface area contributed by atoms with E-state index >= 15 is 0 Å². The van der Waals surface area contributed by atoms with E-state index in [4.69, 9.17) is 9.97 Å². The Morgan fingerprint density at radius 2 is 2.12 bits per heavy atom. The summed E-state index contributed by atoms with van der Waals surface area (Å²) in [6, 6.07) is 0. The van der Waals surface area contributed by atoms with Crippen molar-refractivity contribution in [1.82, 2.24) is 24.6 Å². The van der Waals surface area contributed by atoms with Crippen LogP contribution in [0.5, 0.6) is 0 Å². The molecule has 2 aliphatic rings. The Kier molecular flexibility index (Phi) is 4.78. The molecule has 2 aromatic heterocycles. The van der Waals surface area contributed by atoms with Gasteiger partial charge in [-0.1, -0.05) is 6.92 Å². The molecule has 2 saturated heterocycles. The zero-order valence-electron chi connectivity index (χ0n) is 15.8. The molecule has 4 heterocycles. The second-order valence-electron chi connectivity index (χ2n) is 7.62. The molecule has 0 aliphatic carbocycles. The van der Waals surface area contributed by atoms with Crippen molar-refractivity contribution < 1.29 is 4.79 Å². The zero-order chi connectivity index (χ0) is 18.1. The van der Waals surface area contributed by atoms with Crippen molar-refractivity contribution in [2.24, 2.45) is 13.0 Å². The number of anilines is 1. The summed E-state index contributed by atoms with van der Waals surface area (Å²) in [5.41, 5.74) is 0.912. The Hall–Kier alpha value is -2.18. The van der Waals surface area contributed by atoms with Gasteiger partial charge < -0.3 is 9.80 Å². The first-order valence-electron chi connectivity index (χ1n) is 9.87. The number of carbonyl (C=O) groups is 1. The van der Waals surface area contributed by atoms with Crippen LogP contribution in [0.3, 0.4) is 0 Å². The molecular formula is C19H28N6O. The largest absolute Gasteiger partial charge is 0.356 e. The number of hydrogen-bond donors (Lipinski definition) is 0. The number of amides is 1. The number of carbonyl (C=O) groups excluding carboxylic acids is 1. The van der Waals surface area contributed by atoms with Gasteiger partial charge in [-0.15, -0.1) is 0 Å². The van der Waals surface area contributed by atoms with Gasteiger partial charge in [0.25, 0.3) is 0 Å². The molecule has 2 fully saturated rings. The third-order valence-corrected chi connectivity index (χ3v) is 5.56. The highest BCUT2D eigenvalue weighted by molar-refractivity contribution is 5.87. The molecule has 26 heavy (non-hydrogen) atoms. The SMILES string of the molecule is CCCc1nc(N2CCC[C@@H](CN3CCCC3=O)C2)c2cnn(C)c2n1. The Bertz CT molecular complexity index is 801. The van der Waals surface area contributed by atoms with Crippen molar-refractivity contribution in [2.75, 3.05) is 31.1 Å². The van der Waals surface area contributed by atoms with Crippen molar-refractivity contribution in [3.05, 3.63) is 12.0 Å². The van der Waals surface area contributed by atoms with E-state index in [9.17, 15) is 4.79 Å². The molecule has 0 radical (unpaired) electrons. The Morgan fingerprint density at radius 3 is 2.88 bits per heavy atom. The molecule has 0 bridgehead atoms. The number of nitrogens with zero attached hydrogens (tertiary/aromatic N) is 6. The molecule has 1 amide bonds. The predicted molar refractivity (Wildman–Crippen MR) is 101 cm³/mol. The molecule has 1 atom stereocenters. The number of hydrogen-bond acceptors (Lipinski definition) is 5. The minimum Gasteiger partial charge on any atom is -0.356 e. The molecule has 2 aromatic rings. The van der Waals surface area contributed by atoms with E-state index in [2.05, 4.69) is 21.8 Å². The normalized spacial score (nSPS) is 21.2. The van der Waals surface area contributed by atoms with Crippen molar-refractivity contribution in [3.63, 3.8) is 0 Å². The van der Waals surface area contributed by atoms with Gasteiger partial charge in [-0.2, -0.15) is 5.10 Å². The average molecular weight is 356 g/mol. The molecular weight excluding hydrogens is 328 g/mol. The first-order chi connectivity index (χ1) is 12.7. The lowest BCUT2D eigenvalue weighted by Gasteiger charge is -2.35. The van der Waals surface area contributed by atoms with Gasteiger partial charge in [0, 0.05) is 46.1 Å². The van der Waals surface area contributed by atoms with Crippen LogP contribution in [-0.4, -0.2) is 56.7 Å². The van der Waals surface area contributed by atoms with Crippen molar-refractivity contribution in [2.45, 2.75) is 45.4 Å². The molecule has 0 N–H and O–H groups in total. The third-order valence-electron chi connectivity index (χ3n) is 5.56. The van der Waals surface area contributed by atoms with Gasteiger partial charge in [-0.05, 0) is 31.6 Å². The predicted octanol–water partition coefficient (Wildman–Crippen LogP) is 2.15. The number of aryl methyl sites for hydroxylation is 2. The van der Waals surface area contributed by atoms with Crippen molar-refractivity contribution >= 4 is 22.8 Å². The minimum absolute atomic E-state index is 0.323. The lowest BCUT2D eigenvalue weighted by Crippen LogP contribution is -2.42. The molecule has 0 unspecified atom stereocenters. The minimum atomic E-state index is 0.323. The summed E-state index contributed by atoms with van der Waals surface area (Å²) in [4.78, 5) is 26.0. The van der Waals surface area contributed by atoms with Gasteiger partial charge in [0.05, 0.1) is 11.6 Å². The number of rotatable bonds is 5.